The Labute approximate surface area is 103 Å². The molecule has 1 aromatic carbocycles. The zero-order valence-electron chi connectivity index (χ0n) is 10.4. The van der Waals surface area contributed by atoms with Gasteiger partial charge in [0, 0.05) is 19.0 Å². The lowest BCUT2D eigenvalue weighted by Crippen LogP contribution is -2.27. The summed E-state index contributed by atoms with van der Waals surface area (Å²) in [5.41, 5.74) is 2.62. The summed E-state index contributed by atoms with van der Waals surface area (Å²) in [7, 11) is 0. The molecule has 0 radical (unpaired) electrons. The van der Waals surface area contributed by atoms with E-state index in [1.165, 1.54) is 11.1 Å². The molecule has 0 aliphatic heterocycles. The molecule has 0 saturated heterocycles. The predicted molar refractivity (Wildman–Crippen MR) is 69.9 cm³/mol. The topological polar surface area (TPSA) is 25.2 Å². The smallest absolute Gasteiger partial charge is 0.105 e. The van der Waals surface area contributed by atoms with Crippen LogP contribution in [0.4, 0.5) is 0 Å². The minimum absolute atomic E-state index is 0.419. The Morgan fingerprint density at radius 2 is 1.94 bits per heavy atom. The van der Waals surface area contributed by atoms with Gasteiger partial charge in [0.25, 0.3) is 0 Å². The molecule has 0 aliphatic carbocycles. The normalized spacial score (nSPS) is 12.6. The van der Waals surface area contributed by atoms with Crippen molar-refractivity contribution in [3.8, 4) is 0 Å². The lowest BCUT2D eigenvalue weighted by molar-refractivity contribution is 0.456. The first kappa shape index (κ1) is 11.9. The van der Waals surface area contributed by atoms with Gasteiger partial charge in [-0.05, 0) is 31.5 Å². The van der Waals surface area contributed by atoms with Crippen molar-refractivity contribution >= 4 is 0 Å². The highest BCUT2D eigenvalue weighted by atomic mass is 16.3. The van der Waals surface area contributed by atoms with Crippen LogP contribution in [0.2, 0.25) is 0 Å². The SMILES string of the molecule is Cc1ccc(CNC(C)Cc2ccco2)cc1. The van der Waals surface area contributed by atoms with Gasteiger partial charge in [-0.15, -0.1) is 0 Å². The van der Waals surface area contributed by atoms with Crippen molar-refractivity contribution in [2.24, 2.45) is 0 Å². The molecule has 2 aromatic rings. The fraction of sp³-hybridized carbons (Fsp3) is 0.333. The van der Waals surface area contributed by atoms with E-state index in [0.717, 1.165) is 18.7 Å². The van der Waals surface area contributed by atoms with Crippen LogP contribution in [-0.4, -0.2) is 6.04 Å². The molecule has 0 spiro atoms. The Kier molecular flexibility index (Phi) is 3.99. The van der Waals surface area contributed by atoms with E-state index in [2.05, 4.69) is 43.4 Å². The van der Waals surface area contributed by atoms with E-state index in [-0.39, 0.29) is 0 Å². The quantitative estimate of drug-likeness (QED) is 0.851. The minimum Gasteiger partial charge on any atom is -0.469 e. The molecular formula is C15H19NO. The summed E-state index contributed by atoms with van der Waals surface area (Å²) in [4.78, 5) is 0. The zero-order chi connectivity index (χ0) is 12.1. The molecule has 2 heteroatoms. The molecular weight excluding hydrogens is 210 g/mol. The van der Waals surface area contributed by atoms with E-state index < -0.39 is 0 Å². The summed E-state index contributed by atoms with van der Waals surface area (Å²) < 4.78 is 5.33. The fourth-order valence-electron chi connectivity index (χ4n) is 1.80. The molecule has 0 aliphatic rings. The van der Waals surface area contributed by atoms with Gasteiger partial charge in [-0.1, -0.05) is 29.8 Å². The fourth-order valence-corrected chi connectivity index (χ4v) is 1.80. The van der Waals surface area contributed by atoms with Crippen molar-refractivity contribution in [3.05, 3.63) is 59.5 Å². The van der Waals surface area contributed by atoms with Crippen molar-refractivity contribution in [1.82, 2.24) is 5.32 Å². The molecule has 2 nitrogen and oxygen atoms in total. The van der Waals surface area contributed by atoms with Crippen LogP contribution >= 0.6 is 0 Å². The summed E-state index contributed by atoms with van der Waals surface area (Å²) in [5.74, 6) is 1.04. The second-order valence-corrected chi connectivity index (χ2v) is 4.55. The molecule has 0 bridgehead atoms. The maximum atomic E-state index is 5.33. The monoisotopic (exact) mass is 229 g/mol. The average molecular weight is 229 g/mol. The third-order valence-electron chi connectivity index (χ3n) is 2.86. The average Bonchev–Trinajstić information content (AvgIpc) is 2.81. The summed E-state index contributed by atoms with van der Waals surface area (Å²) in [6.45, 7) is 5.19. The van der Waals surface area contributed by atoms with E-state index in [4.69, 9.17) is 4.42 Å². The van der Waals surface area contributed by atoms with Crippen LogP contribution in [0.3, 0.4) is 0 Å². The van der Waals surface area contributed by atoms with Crippen LogP contribution in [0.1, 0.15) is 23.8 Å². The number of benzene rings is 1. The molecule has 0 saturated carbocycles. The molecule has 17 heavy (non-hydrogen) atoms. The third kappa shape index (κ3) is 3.75. The van der Waals surface area contributed by atoms with Gasteiger partial charge in [0.2, 0.25) is 0 Å². The van der Waals surface area contributed by atoms with E-state index in [1.54, 1.807) is 6.26 Å². The first-order valence-electron chi connectivity index (χ1n) is 6.05. The van der Waals surface area contributed by atoms with Crippen molar-refractivity contribution < 1.29 is 4.42 Å². The number of nitrogens with one attached hydrogen (secondary N) is 1. The standard InChI is InChI=1S/C15H19NO/c1-12-5-7-14(8-6-12)11-16-13(2)10-15-4-3-9-17-15/h3-9,13,16H,10-11H2,1-2H3. The van der Waals surface area contributed by atoms with Gasteiger partial charge < -0.3 is 9.73 Å². The second kappa shape index (κ2) is 5.69. The first-order valence-corrected chi connectivity index (χ1v) is 6.05. The number of aryl methyl sites for hydroxylation is 1. The van der Waals surface area contributed by atoms with Crippen LogP contribution < -0.4 is 5.32 Å². The van der Waals surface area contributed by atoms with Crippen molar-refractivity contribution in [2.75, 3.05) is 0 Å². The van der Waals surface area contributed by atoms with E-state index in [9.17, 15) is 0 Å². The van der Waals surface area contributed by atoms with Gasteiger partial charge in [-0.3, -0.25) is 0 Å². The summed E-state index contributed by atoms with van der Waals surface area (Å²) >= 11 is 0. The second-order valence-electron chi connectivity index (χ2n) is 4.55. The Hall–Kier alpha value is -1.54. The summed E-state index contributed by atoms with van der Waals surface area (Å²) in [5, 5.41) is 3.50. The zero-order valence-corrected chi connectivity index (χ0v) is 10.4. The Morgan fingerprint density at radius 3 is 2.59 bits per heavy atom. The number of rotatable bonds is 5. The van der Waals surface area contributed by atoms with E-state index in [1.807, 2.05) is 12.1 Å². The van der Waals surface area contributed by atoms with Gasteiger partial charge in [-0.25, -0.2) is 0 Å². The van der Waals surface area contributed by atoms with Gasteiger partial charge in [0.05, 0.1) is 6.26 Å². The van der Waals surface area contributed by atoms with Crippen LogP contribution in [0.25, 0.3) is 0 Å². The van der Waals surface area contributed by atoms with Crippen molar-refractivity contribution in [3.63, 3.8) is 0 Å². The van der Waals surface area contributed by atoms with E-state index in [0.29, 0.717) is 6.04 Å². The van der Waals surface area contributed by atoms with Crippen LogP contribution in [0.5, 0.6) is 0 Å². The molecule has 1 heterocycles. The highest BCUT2D eigenvalue weighted by Gasteiger charge is 2.04. The van der Waals surface area contributed by atoms with Gasteiger partial charge in [0.1, 0.15) is 5.76 Å². The Bertz CT molecular complexity index is 430. The van der Waals surface area contributed by atoms with Crippen LogP contribution in [0, 0.1) is 6.92 Å². The van der Waals surface area contributed by atoms with E-state index >= 15 is 0 Å². The van der Waals surface area contributed by atoms with Crippen LogP contribution in [0.15, 0.2) is 47.1 Å². The largest absolute Gasteiger partial charge is 0.469 e. The lowest BCUT2D eigenvalue weighted by Gasteiger charge is -2.12. The molecule has 0 amide bonds. The first-order chi connectivity index (χ1) is 8.24. The molecule has 1 N–H and O–H groups in total. The number of hydrogen-bond acceptors (Lipinski definition) is 2. The van der Waals surface area contributed by atoms with Gasteiger partial charge in [0.15, 0.2) is 0 Å². The molecule has 90 valence electrons. The minimum atomic E-state index is 0.419. The number of hydrogen-bond donors (Lipinski definition) is 1. The third-order valence-corrected chi connectivity index (χ3v) is 2.86. The molecule has 2 rings (SSSR count). The highest BCUT2D eigenvalue weighted by molar-refractivity contribution is 5.21. The molecule has 1 aromatic heterocycles. The molecule has 0 fully saturated rings. The number of furan rings is 1. The highest BCUT2D eigenvalue weighted by Crippen LogP contribution is 2.06. The van der Waals surface area contributed by atoms with Gasteiger partial charge in [-0.2, -0.15) is 0 Å². The maximum absolute atomic E-state index is 5.33. The lowest BCUT2D eigenvalue weighted by atomic mass is 10.1. The Morgan fingerprint density at radius 1 is 1.18 bits per heavy atom. The molecule has 1 unspecified atom stereocenters. The van der Waals surface area contributed by atoms with Gasteiger partial charge >= 0.3 is 0 Å². The van der Waals surface area contributed by atoms with Crippen LogP contribution in [-0.2, 0) is 13.0 Å². The van der Waals surface area contributed by atoms with Crippen molar-refractivity contribution in [2.45, 2.75) is 32.9 Å². The predicted octanol–water partition coefficient (Wildman–Crippen LogP) is 3.31. The summed E-state index contributed by atoms with van der Waals surface area (Å²) in [6, 6.07) is 13.0. The molecule has 1 atom stereocenters. The van der Waals surface area contributed by atoms with Crippen molar-refractivity contribution in [1.29, 1.82) is 0 Å². The summed E-state index contributed by atoms with van der Waals surface area (Å²) in [6.07, 6.45) is 2.65. The maximum Gasteiger partial charge on any atom is 0.105 e. The Balaban J connectivity index is 1.79.